The molecule has 1 amide bonds. The van der Waals surface area contributed by atoms with Gasteiger partial charge in [0, 0.05) is 44.6 Å². The molecule has 0 unspecified atom stereocenters. The van der Waals surface area contributed by atoms with Crippen LogP contribution in [0, 0.1) is 11.3 Å². The lowest BCUT2D eigenvalue weighted by Crippen LogP contribution is -2.46. The van der Waals surface area contributed by atoms with Crippen LogP contribution in [0.3, 0.4) is 0 Å². The summed E-state index contributed by atoms with van der Waals surface area (Å²) in [5, 5.41) is 9.10. The summed E-state index contributed by atoms with van der Waals surface area (Å²) in [6.07, 6.45) is 6.87. The molecule has 3 aromatic rings. The molecule has 1 fully saturated rings. The molecule has 4 rings (SSSR count). The van der Waals surface area contributed by atoms with Crippen molar-refractivity contribution in [3.05, 3.63) is 89.6 Å². The first-order chi connectivity index (χ1) is 14.7. The highest BCUT2D eigenvalue weighted by Crippen LogP contribution is 2.23. The standard InChI is InChI=1S/C24H24N4O2/c25-15-19-4-1-5-20(14-19)17-27-11-8-22(9-12-27)28(18-21-6-2-10-26-16-21)24(29)23-7-3-13-30-23/h1-7,10,13-14,16,22H,8-9,11-12,17-18H2. The number of nitrogens with zero attached hydrogens (tertiary/aromatic N) is 4. The topological polar surface area (TPSA) is 73.4 Å². The molecule has 0 saturated carbocycles. The molecule has 1 aromatic carbocycles. The predicted molar refractivity (Wildman–Crippen MR) is 112 cm³/mol. The minimum absolute atomic E-state index is 0.0796. The molecule has 0 atom stereocenters. The van der Waals surface area contributed by atoms with Gasteiger partial charge in [-0.3, -0.25) is 14.7 Å². The molecule has 0 N–H and O–H groups in total. The van der Waals surface area contributed by atoms with Gasteiger partial charge in [-0.1, -0.05) is 18.2 Å². The van der Waals surface area contributed by atoms with E-state index in [0.29, 0.717) is 17.9 Å². The van der Waals surface area contributed by atoms with Crippen LogP contribution in [0.2, 0.25) is 0 Å². The van der Waals surface area contributed by atoms with Crippen molar-refractivity contribution in [2.24, 2.45) is 0 Å². The number of carbonyl (C=O) groups excluding carboxylic acids is 1. The minimum Gasteiger partial charge on any atom is -0.459 e. The van der Waals surface area contributed by atoms with Crippen LogP contribution in [0.25, 0.3) is 0 Å². The van der Waals surface area contributed by atoms with Gasteiger partial charge in [0.15, 0.2) is 5.76 Å². The Hall–Kier alpha value is -3.43. The average Bonchev–Trinajstić information content (AvgIpc) is 3.34. The second-order valence-corrected chi connectivity index (χ2v) is 7.59. The lowest BCUT2D eigenvalue weighted by atomic mass is 10.0. The minimum atomic E-state index is -0.0796. The monoisotopic (exact) mass is 400 g/mol. The molecular weight excluding hydrogens is 376 g/mol. The molecule has 3 heterocycles. The first-order valence-corrected chi connectivity index (χ1v) is 10.2. The van der Waals surface area contributed by atoms with Gasteiger partial charge in [0.25, 0.3) is 5.91 Å². The van der Waals surface area contributed by atoms with Crippen LogP contribution < -0.4 is 0 Å². The smallest absolute Gasteiger partial charge is 0.290 e. The number of hydrogen-bond donors (Lipinski definition) is 0. The molecular formula is C24H24N4O2. The van der Waals surface area contributed by atoms with Gasteiger partial charge in [0.05, 0.1) is 17.9 Å². The molecule has 0 radical (unpaired) electrons. The van der Waals surface area contributed by atoms with E-state index < -0.39 is 0 Å². The number of nitriles is 1. The second kappa shape index (κ2) is 9.38. The van der Waals surface area contributed by atoms with Gasteiger partial charge in [-0.25, -0.2) is 0 Å². The van der Waals surface area contributed by atoms with Crippen LogP contribution in [0.4, 0.5) is 0 Å². The van der Waals surface area contributed by atoms with E-state index in [1.54, 1.807) is 24.5 Å². The maximum Gasteiger partial charge on any atom is 0.290 e. The van der Waals surface area contributed by atoms with Crippen LogP contribution in [0.1, 0.15) is 40.1 Å². The summed E-state index contributed by atoms with van der Waals surface area (Å²) >= 11 is 0. The van der Waals surface area contributed by atoms with Gasteiger partial charge in [-0.05, 0) is 54.3 Å². The highest BCUT2D eigenvalue weighted by molar-refractivity contribution is 5.91. The molecule has 152 valence electrons. The molecule has 1 aliphatic heterocycles. The molecule has 1 saturated heterocycles. The van der Waals surface area contributed by atoms with Crippen LogP contribution in [-0.2, 0) is 13.1 Å². The van der Waals surface area contributed by atoms with E-state index in [2.05, 4.69) is 22.0 Å². The molecule has 1 aliphatic rings. The summed E-state index contributed by atoms with van der Waals surface area (Å²) in [6.45, 7) is 3.13. The number of aromatic nitrogens is 1. The van der Waals surface area contributed by atoms with Gasteiger partial charge >= 0.3 is 0 Å². The SMILES string of the molecule is N#Cc1cccc(CN2CCC(N(Cc3cccnc3)C(=O)c3ccco3)CC2)c1. The zero-order valence-electron chi connectivity index (χ0n) is 16.8. The zero-order valence-corrected chi connectivity index (χ0v) is 16.8. The Morgan fingerprint density at radius 1 is 1.17 bits per heavy atom. The Labute approximate surface area is 176 Å². The maximum absolute atomic E-state index is 13.1. The Morgan fingerprint density at radius 2 is 2.00 bits per heavy atom. The van der Waals surface area contributed by atoms with Gasteiger partial charge in [0.2, 0.25) is 0 Å². The Bertz CT molecular complexity index is 1000. The second-order valence-electron chi connectivity index (χ2n) is 7.59. The largest absolute Gasteiger partial charge is 0.459 e. The molecule has 2 aromatic heterocycles. The van der Waals surface area contributed by atoms with Gasteiger partial charge in [0.1, 0.15) is 0 Å². The molecule has 30 heavy (non-hydrogen) atoms. The Kier molecular flexibility index (Phi) is 6.21. The van der Waals surface area contributed by atoms with Crippen molar-refractivity contribution >= 4 is 5.91 Å². The predicted octanol–water partition coefficient (Wildman–Crippen LogP) is 3.85. The van der Waals surface area contributed by atoms with Gasteiger partial charge < -0.3 is 9.32 Å². The molecule has 0 aliphatic carbocycles. The quantitative estimate of drug-likeness (QED) is 0.628. The van der Waals surface area contributed by atoms with E-state index in [9.17, 15) is 4.79 Å². The highest BCUT2D eigenvalue weighted by atomic mass is 16.3. The first kappa shape index (κ1) is 19.9. The summed E-state index contributed by atoms with van der Waals surface area (Å²) < 4.78 is 5.38. The summed E-state index contributed by atoms with van der Waals surface area (Å²) in [5.74, 6) is 0.290. The fraction of sp³-hybridized carbons (Fsp3) is 0.292. The van der Waals surface area contributed by atoms with Crippen LogP contribution in [0.5, 0.6) is 0 Å². The lowest BCUT2D eigenvalue weighted by Gasteiger charge is -2.38. The number of carbonyl (C=O) groups is 1. The van der Waals surface area contributed by atoms with E-state index in [1.807, 2.05) is 35.2 Å². The van der Waals surface area contributed by atoms with Crippen molar-refractivity contribution in [2.75, 3.05) is 13.1 Å². The fourth-order valence-corrected chi connectivity index (χ4v) is 3.98. The third-order valence-corrected chi connectivity index (χ3v) is 5.53. The van der Waals surface area contributed by atoms with E-state index in [4.69, 9.17) is 9.68 Å². The maximum atomic E-state index is 13.1. The number of hydrogen-bond acceptors (Lipinski definition) is 5. The summed E-state index contributed by atoms with van der Waals surface area (Å²) in [6, 6.07) is 17.4. The number of likely N-dealkylation sites (tertiary alicyclic amines) is 1. The Balaban J connectivity index is 1.43. The van der Waals surface area contributed by atoms with E-state index in [0.717, 1.165) is 43.6 Å². The molecule has 0 spiro atoms. The van der Waals surface area contributed by atoms with E-state index in [1.165, 1.54) is 6.26 Å². The van der Waals surface area contributed by atoms with Crippen LogP contribution in [-0.4, -0.2) is 39.8 Å². The first-order valence-electron chi connectivity index (χ1n) is 10.2. The summed E-state index contributed by atoms with van der Waals surface area (Å²) in [4.78, 5) is 21.6. The summed E-state index contributed by atoms with van der Waals surface area (Å²) in [7, 11) is 0. The van der Waals surface area contributed by atoms with Crippen LogP contribution in [0.15, 0.2) is 71.6 Å². The van der Waals surface area contributed by atoms with Crippen molar-refractivity contribution in [3.8, 4) is 6.07 Å². The van der Waals surface area contributed by atoms with Gasteiger partial charge in [-0.15, -0.1) is 0 Å². The molecule has 6 heteroatoms. The van der Waals surface area contributed by atoms with Crippen LogP contribution >= 0.6 is 0 Å². The zero-order chi connectivity index (χ0) is 20.8. The number of furan rings is 1. The Morgan fingerprint density at radius 3 is 2.70 bits per heavy atom. The third kappa shape index (κ3) is 4.76. The normalized spacial score (nSPS) is 14.9. The number of rotatable bonds is 6. The average molecular weight is 400 g/mol. The number of pyridine rings is 1. The highest BCUT2D eigenvalue weighted by Gasteiger charge is 2.30. The molecule has 6 nitrogen and oxygen atoms in total. The third-order valence-electron chi connectivity index (χ3n) is 5.53. The number of piperidine rings is 1. The number of amides is 1. The fourth-order valence-electron chi connectivity index (χ4n) is 3.98. The van der Waals surface area contributed by atoms with Crippen molar-refractivity contribution < 1.29 is 9.21 Å². The molecule has 0 bridgehead atoms. The van der Waals surface area contributed by atoms with Crippen molar-refractivity contribution in [3.63, 3.8) is 0 Å². The summed E-state index contributed by atoms with van der Waals surface area (Å²) in [5.41, 5.74) is 2.84. The van der Waals surface area contributed by atoms with E-state index in [-0.39, 0.29) is 11.9 Å². The van der Waals surface area contributed by atoms with E-state index >= 15 is 0 Å². The number of benzene rings is 1. The van der Waals surface area contributed by atoms with Crippen molar-refractivity contribution in [2.45, 2.75) is 32.0 Å². The van der Waals surface area contributed by atoms with Gasteiger partial charge in [-0.2, -0.15) is 5.26 Å². The van der Waals surface area contributed by atoms with Crippen molar-refractivity contribution in [1.82, 2.24) is 14.8 Å². The van der Waals surface area contributed by atoms with Crippen molar-refractivity contribution in [1.29, 1.82) is 5.26 Å². The lowest BCUT2D eigenvalue weighted by molar-refractivity contribution is 0.0512.